The zero-order chi connectivity index (χ0) is 18.2. The van der Waals surface area contributed by atoms with E-state index in [4.69, 9.17) is 9.47 Å². The molecule has 1 aromatic carbocycles. The van der Waals surface area contributed by atoms with Crippen LogP contribution < -0.4 is 10.1 Å². The van der Waals surface area contributed by atoms with E-state index in [1.165, 1.54) is 7.11 Å². The molecular formula is C20H25N3O3. The van der Waals surface area contributed by atoms with Gasteiger partial charge in [-0.25, -0.2) is 4.79 Å². The van der Waals surface area contributed by atoms with Crippen molar-refractivity contribution in [2.24, 2.45) is 0 Å². The summed E-state index contributed by atoms with van der Waals surface area (Å²) in [6.07, 6.45) is 3.38. The zero-order valence-corrected chi connectivity index (χ0v) is 15.1. The maximum Gasteiger partial charge on any atom is 0.409 e. The Morgan fingerprint density at radius 2 is 1.96 bits per heavy atom. The van der Waals surface area contributed by atoms with Crippen LogP contribution >= 0.6 is 0 Å². The van der Waals surface area contributed by atoms with Gasteiger partial charge in [0.15, 0.2) is 0 Å². The molecule has 1 N–H and O–H groups in total. The second-order valence-electron chi connectivity index (χ2n) is 6.33. The molecule has 1 fully saturated rings. The van der Waals surface area contributed by atoms with E-state index in [1.54, 1.807) is 11.1 Å². The molecule has 1 aliphatic rings. The number of nitrogens with one attached hydrogen (secondary N) is 1. The van der Waals surface area contributed by atoms with Gasteiger partial charge >= 0.3 is 6.09 Å². The highest BCUT2D eigenvalue weighted by Gasteiger charge is 2.22. The molecule has 6 heteroatoms. The van der Waals surface area contributed by atoms with Gasteiger partial charge in [0, 0.05) is 37.4 Å². The summed E-state index contributed by atoms with van der Waals surface area (Å²) < 4.78 is 10.7. The van der Waals surface area contributed by atoms with E-state index in [2.05, 4.69) is 16.4 Å². The van der Waals surface area contributed by atoms with Gasteiger partial charge in [0.25, 0.3) is 0 Å². The molecule has 0 radical (unpaired) electrons. The summed E-state index contributed by atoms with van der Waals surface area (Å²) in [5, 5.41) is 3.58. The summed E-state index contributed by atoms with van der Waals surface area (Å²) in [4.78, 5) is 17.6. The normalized spacial score (nSPS) is 14.9. The summed E-state index contributed by atoms with van der Waals surface area (Å²) >= 11 is 0. The number of para-hydroxylation sites is 1. The van der Waals surface area contributed by atoms with Gasteiger partial charge in [-0.1, -0.05) is 24.3 Å². The molecule has 1 saturated heterocycles. The summed E-state index contributed by atoms with van der Waals surface area (Å²) in [7, 11) is 1.43. The van der Waals surface area contributed by atoms with Crippen LogP contribution in [-0.4, -0.2) is 42.2 Å². The zero-order valence-electron chi connectivity index (χ0n) is 15.1. The summed E-state index contributed by atoms with van der Waals surface area (Å²) in [5.74, 6) is 0.873. The average Bonchev–Trinajstić information content (AvgIpc) is 2.72. The van der Waals surface area contributed by atoms with Gasteiger partial charge in [-0.05, 0) is 31.0 Å². The molecule has 0 unspecified atom stereocenters. The third kappa shape index (κ3) is 4.95. The van der Waals surface area contributed by atoms with Crippen molar-refractivity contribution in [1.29, 1.82) is 0 Å². The fourth-order valence-corrected chi connectivity index (χ4v) is 3.08. The lowest BCUT2D eigenvalue weighted by molar-refractivity contribution is 0.109. The number of rotatable bonds is 6. The van der Waals surface area contributed by atoms with Crippen LogP contribution in [0.5, 0.6) is 5.75 Å². The Kier molecular flexibility index (Phi) is 6.44. The Hall–Kier alpha value is -2.60. The number of hydrogen-bond acceptors (Lipinski definition) is 5. The first-order valence-corrected chi connectivity index (χ1v) is 8.93. The van der Waals surface area contributed by atoms with Crippen molar-refractivity contribution in [1.82, 2.24) is 15.2 Å². The largest absolute Gasteiger partial charge is 0.487 e. The van der Waals surface area contributed by atoms with Crippen molar-refractivity contribution >= 4 is 6.09 Å². The third-order valence-electron chi connectivity index (χ3n) is 4.58. The second-order valence-corrected chi connectivity index (χ2v) is 6.33. The van der Waals surface area contributed by atoms with Gasteiger partial charge in [-0.2, -0.15) is 0 Å². The highest BCUT2D eigenvalue weighted by molar-refractivity contribution is 5.67. The predicted molar refractivity (Wildman–Crippen MR) is 98.9 cm³/mol. The highest BCUT2D eigenvalue weighted by atomic mass is 16.5. The number of ether oxygens (including phenoxy) is 2. The van der Waals surface area contributed by atoms with E-state index in [1.807, 2.05) is 36.4 Å². The lowest BCUT2D eigenvalue weighted by Crippen LogP contribution is -2.44. The minimum Gasteiger partial charge on any atom is -0.487 e. The van der Waals surface area contributed by atoms with Gasteiger partial charge in [-0.15, -0.1) is 0 Å². The molecule has 0 aliphatic carbocycles. The van der Waals surface area contributed by atoms with Crippen LogP contribution in [0.3, 0.4) is 0 Å². The fraction of sp³-hybridized carbons (Fsp3) is 0.400. The number of piperidine rings is 1. The maximum absolute atomic E-state index is 11.5. The smallest absolute Gasteiger partial charge is 0.409 e. The number of carbonyl (C=O) groups is 1. The number of hydrogen-bond donors (Lipinski definition) is 1. The van der Waals surface area contributed by atoms with Gasteiger partial charge < -0.3 is 19.7 Å². The summed E-state index contributed by atoms with van der Waals surface area (Å²) in [5.41, 5.74) is 2.03. The Morgan fingerprint density at radius 1 is 1.19 bits per heavy atom. The second kappa shape index (κ2) is 9.20. The summed E-state index contributed by atoms with van der Waals surface area (Å²) in [6.45, 7) is 2.64. The molecule has 0 atom stereocenters. The Bertz CT molecular complexity index is 700. The Balaban J connectivity index is 1.50. The van der Waals surface area contributed by atoms with E-state index in [0.717, 1.165) is 49.5 Å². The fourth-order valence-electron chi connectivity index (χ4n) is 3.08. The number of pyridine rings is 1. The third-order valence-corrected chi connectivity index (χ3v) is 4.58. The van der Waals surface area contributed by atoms with Crippen molar-refractivity contribution in [3.63, 3.8) is 0 Å². The van der Waals surface area contributed by atoms with Gasteiger partial charge in [0.1, 0.15) is 12.4 Å². The number of amides is 1. The first kappa shape index (κ1) is 18.2. The molecule has 0 saturated carbocycles. The lowest BCUT2D eigenvalue weighted by Gasteiger charge is -2.31. The van der Waals surface area contributed by atoms with Crippen LogP contribution in [0.15, 0.2) is 48.7 Å². The predicted octanol–water partition coefficient (Wildman–Crippen LogP) is 2.98. The van der Waals surface area contributed by atoms with Gasteiger partial charge in [0.2, 0.25) is 0 Å². The van der Waals surface area contributed by atoms with Crippen molar-refractivity contribution in [2.45, 2.75) is 32.0 Å². The minimum absolute atomic E-state index is 0.239. The van der Waals surface area contributed by atoms with Crippen LogP contribution in [0.1, 0.15) is 24.1 Å². The molecule has 6 nitrogen and oxygen atoms in total. The van der Waals surface area contributed by atoms with E-state index in [-0.39, 0.29) is 6.09 Å². The van der Waals surface area contributed by atoms with E-state index < -0.39 is 0 Å². The number of carbonyl (C=O) groups excluding carboxylic acids is 1. The average molecular weight is 355 g/mol. The first-order chi connectivity index (χ1) is 12.8. The molecule has 138 valence electrons. The first-order valence-electron chi connectivity index (χ1n) is 8.93. The van der Waals surface area contributed by atoms with E-state index >= 15 is 0 Å². The Morgan fingerprint density at radius 3 is 2.69 bits per heavy atom. The van der Waals surface area contributed by atoms with E-state index in [0.29, 0.717) is 12.6 Å². The van der Waals surface area contributed by atoms with Gasteiger partial charge in [-0.3, -0.25) is 4.98 Å². The number of nitrogens with zero attached hydrogens (tertiary/aromatic N) is 2. The molecule has 1 aliphatic heterocycles. The lowest BCUT2D eigenvalue weighted by atomic mass is 10.0. The highest BCUT2D eigenvalue weighted by Crippen LogP contribution is 2.20. The number of likely N-dealkylation sites (tertiary alicyclic amines) is 1. The summed E-state index contributed by atoms with van der Waals surface area (Å²) in [6, 6.07) is 14.3. The molecular weight excluding hydrogens is 330 g/mol. The van der Waals surface area contributed by atoms with Crippen LogP contribution in [-0.2, 0) is 17.9 Å². The SMILES string of the molecule is COC(=O)N1CCC(NCc2ccccc2OCc2ccccn2)CC1. The Labute approximate surface area is 154 Å². The number of methoxy groups -OCH3 is 1. The van der Waals surface area contributed by atoms with Crippen LogP contribution in [0.2, 0.25) is 0 Å². The number of benzene rings is 1. The monoisotopic (exact) mass is 355 g/mol. The molecule has 0 bridgehead atoms. The standard InChI is InChI=1S/C20H25N3O3/c1-25-20(24)23-12-9-17(10-13-23)22-14-16-6-2-3-8-19(16)26-15-18-7-4-5-11-21-18/h2-8,11,17,22H,9-10,12-15H2,1H3. The quantitative estimate of drug-likeness (QED) is 0.863. The topological polar surface area (TPSA) is 63.7 Å². The molecule has 2 aromatic rings. The van der Waals surface area contributed by atoms with Gasteiger partial charge in [0.05, 0.1) is 12.8 Å². The molecule has 1 aromatic heterocycles. The van der Waals surface area contributed by atoms with Crippen LogP contribution in [0.25, 0.3) is 0 Å². The number of aromatic nitrogens is 1. The van der Waals surface area contributed by atoms with Crippen LogP contribution in [0, 0.1) is 0 Å². The maximum atomic E-state index is 11.5. The minimum atomic E-state index is -0.239. The molecule has 1 amide bonds. The van der Waals surface area contributed by atoms with Crippen molar-refractivity contribution in [3.05, 3.63) is 59.9 Å². The van der Waals surface area contributed by atoms with Crippen molar-refractivity contribution in [2.75, 3.05) is 20.2 Å². The molecule has 2 heterocycles. The van der Waals surface area contributed by atoms with E-state index in [9.17, 15) is 4.79 Å². The molecule has 0 spiro atoms. The molecule has 3 rings (SSSR count). The van der Waals surface area contributed by atoms with Crippen LogP contribution in [0.4, 0.5) is 4.79 Å². The molecule has 26 heavy (non-hydrogen) atoms. The van der Waals surface area contributed by atoms with Crippen molar-refractivity contribution < 1.29 is 14.3 Å². The van der Waals surface area contributed by atoms with Crippen molar-refractivity contribution in [3.8, 4) is 5.75 Å².